The average molecular weight is 367 g/mol. The lowest BCUT2D eigenvalue weighted by Gasteiger charge is -2.23. The van der Waals surface area contributed by atoms with Crippen molar-refractivity contribution < 1.29 is 4.79 Å². The molecule has 0 fully saturated rings. The first kappa shape index (κ1) is 16.1. The van der Waals surface area contributed by atoms with Gasteiger partial charge in [0.15, 0.2) is 0 Å². The van der Waals surface area contributed by atoms with Gasteiger partial charge in [-0.1, -0.05) is 55.8 Å². The highest BCUT2D eigenvalue weighted by Gasteiger charge is 2.19. The Hall–Kier alpha value is -1.32. The molecule has 1 unspecified atom stereocenters. The summed E-state index contributed by atoms with van der Waals surface area (Å²) in [5, 5.41) is 3.69. The molecule has 4 heteroatoms. The zero-order valence-corrected chi connectivity index (χ0v) is 14.3. The fraction of sp³-hybridized carbons (Fsp3) is 0.235. The van der Waals surface area contributed by atoms with Crippen molar-refractivity contribution in [3.63, 3.8) is 0 Å². The van der Waals surface area contributed by atoms with Crippen LogP contribution in [-0.2, 0) is 0 Å². The summed E-state index contributed by atoms with van der Waals surface area (Å²) in [6.07, 6.45) is 0. The van der Waals surface area contributed by atoms with E-state index in [4.69, 9.17) is 11.6 Å². The molecule has 2 rings (SSSR count). The first-order valence-corrected chi connectivity index (χ1v) is 7.97. The quantitative estimate of drug-likeness (QED) is 0.788. The minimum Gasteiger partial charge on any atom is -0.345 e. The largest absolute Gasteiger partial charge is 0.345 e. The molecular formula is C17H17BrClNO. The van der Waals surface area contributed by atoms with Gasteiger partial charge in [-0.15, -0.1) is 0 Å². The molecule has 0 spiro atoms. The number of amides is 1. The summed E-state index contributed by atoms with van der Waals surface area (Å²) >= 11 is 9.30. The first-order valence-electron chi connectivity index (χ1n) is 6.80. The van der Waals surface area contributed by atoms with Gasteiger partial charge >= 0.3 is 0 Å². The standard InChI is InChI=1S/C17H17BrClNO/c1-11(2)16(12-6-4-3-5-7-12)20-17(21)13-8-9-15(19)14(18)10-13/h3-11,16H,1-2H3,(H,20,21). The van der Waals surface area contributed by atoms with Crippen LogP contribution in [0, 0.1) is 5.92 Å². The third-order valence-corrected chi connectivity index (χ3v) is 4.51. The normalized spacial score (nSPS) is 12.2. The van der Waals surface area contributed by atoms with Crippen molar-refractivity contribution in [3.8, 4) is 0 Å². The Morgan fingerprint density at radius 1 is 1.14 bits per heavy atom. The Morgan fingerprint density at radius 3 is 2.38 bits per heavy atom. The van der Waals surface area contributed by atoms with Crippen molar-refractivity contribution in [1.29, 1.82) is 0 Å². The smallest absolute Gasteiger partial charge is 0.251 e. The number of carbonyl (C=O) groups is 1. The van der Waals surface area contributed by atoms with Crippen LogP contribution in [0.15, 0.2) is 53.0 Å². The molecule has 21 heavy (non-hydrogen) atoms. The van der Waals surface area contributed by atoms with Crippen LogP contribution in [-0.4, -0.2) is 5.91 Å². The van der Waals surface area contributed by atoms with Crippen LogP contribution < -0.4 is 5.32 Å². The van der Waals surface area contributed by atoms with E-state index in [1.807, 2.05) is 30.3 Å². The molecule has 0 bridgehead atoms. The lowest BCUT2D eigenvalue weighted by Crippen LogP contribution is -2.31. The molecule has 0 aromatic heterocycles. The number of rotatable bonds is 4. The van der Waals surface area contributed by atoms with Gasteiger partial charge in [0.05, 0.1) is 11.1 Å². The molecule has 0 aliphatic carbocycles. The summed E-state index contributed by atoms with van der Waals surface area (Å²) in [6, 6.07) is 15.2. The third-order valence-electron chi connectivity index (χ3n) is 3.29. The van der Waals surface area contributed by atoms with Crippen LogP contribution in [0.4, 0.5) is 0 Å². The summed E-state index contributed by atoms with van der Waals surface area (Å²) in [6.45, 7) is 4.19. The predicted octanol–water partition coefficient (Wildman–Crippen LogP) is 5.23. The second-order valence-corrected chi connectivity index (χ2v) is 6.50. The second kappa shape index (κ2) is 7.10. The summed E-state index contributed by atoms with van der Waals surface area (Å²) in [4.78, 5) is 12.4. The highest BCUT2D eigenvalue weighted by molar-refractivity contribution is 9.10. The third kappa shape index (κ3) is 4.08. The number of nitrogens with one attached hydrogen (secondary N) is 1. The van der Waals surface area contributed by atoms with Crippen LogP contribution in [0.25, 0.3) is 0 Å². The fourth-order valence-corrected chi connectivity index (χ4v) is 2.65. The van der Waals surface area contributed by atoms with E-state index < -0.39 is 0 Å². The molecule has 1 N–H and O–H groups in total. The highest BCUT2D eigenvalue weighted by Crippen LogP contribution is 2.25. The number of hydrogen-bond donors (Lipinski definition) is 1. The van der Waals surface area contributed by atoms with Gasteiger partial charge in [-0.3, -0.25) is 4.79 Å². The van der Waals surface area contributed by atoms with E-state index in [1.54, 1.807) is 18.2 Å². The van der Waals surface area contributed by atoms with Crippen molar-refractivity contribution in [2.45, 2.75) is 19.9 Å². The summed E-state index contributed by atoms with van der Waals surface area (Å²) in [5.41, 5.74) is 1.70. The summed E-state index contributed by atoms with van der Waals surface area (Å²) in [7, 11) is 0. The number of halogens is 2. The molecule has 2 nitrogen and oxygen atoms in total. The van der Waals surface area contributed by atoms with E-state index in [9.17, 15) is 4.79 Å². The molecule has 0 saturated carbocycles. The number of carbonyl (C=O) groups excluding carboxylic acids is 1. The molecule has 0 aliphatic rings. The van der Waals surface area contributed by atoms with E-state index >= 15 is 0 Å². The zero-order chi connectivity index (χ0) is 15.4. The van der Waals surface area contributed by atoms with Gasteiger partial charge in [-0.05, 0) is 45.6 Å². The van der Waals surface area contributed by atoms with Gasteiger partial charge in [0.1, 0.15) is 0 Å². The summed E-state index contributed by atoms with van der Waals surface area (Å²) in [5.74, 6) is 0.196. The van der Waals surface area contributed by atoms with Gasteiger partial charge < -0.3 is 5.32 Å². The van der Waals surface area contributed by atoms with E-state index in [-0.39, 0.29) is 11.9 Å². The van der Waals surface area contributed by atoms with Gasteiger partial charge in [0.25, 0.3) is 5.91 Å². The maximum atomic E-state index is 12.4. The van der Waals surface area contributed by atoms with Crippen LogP contribution in [0.5, 0.6) is 0 Å². The lowest BCUT2D eigenvalue weighted by atomic mass is 9.95. The number of hydrogen-bond acceptors (Lipinski definition) is 1. The Bertz CT molecular complexity index is 628. The van der Waals surface area contributed by atoms with E-state index in [0.29, 0.717) is 16.5 Å². The van der Waals surface area contributed by atoms with Crippen molar-refractivity contribution >= 4 is 33.4 Å². The molecule has 110 valence electrons. The van der Waals surface area contributed by atoms with Gasteiger partial charge in [-0.2, -0.15) is 0 Å². The fourth-order valence-electron chi connectivity index (χ4n) is 2.16. The van der Waals surface area contributed by atoms with E-state index in [1.165, 1.54) is 0 Å². The molecule has 0 saturated heterocycles. The van der Waals surface area contributed by atoms with Crippen LogP contribution >= 0.6 is 27.5 Å². The second-order valence-electron chi connectivity index (χ2n) is 5.23. The average Bonchev–Trinajstić information content (AvgIpc) is 2.48. The molecule has 0 aliphatic heterocycles. The Labute approximate surface area is 138 Å². The molecule has 2 aromatic carbocycles. The van der Waals surface area contributed by atoms with Crippen molar-refractivity contribution in [1.82, 2.24) is 5.32 Å². The first-order chi connectivity index (χ1) is 9.99. The molecule has 2 aromatic rings. The Kier molecular flexibility index (Phi) is 5.43. The van der Waals surface area contributed by atoms with Crippen LogP contribution in [0.3, 0.4) is 0 Å². The minimum absolute atomic E-state index is 0.0202. The molecular weight excluding hydrogens is 350 g/mol. The molecule has 0 radical (unpaired) electrons. The SMILES string of the molecule is CC(C)C(NC(=O)c1ccc(Cl)c(Br)c1)c1ccccc1. The minimum atomic E-state index is -0.102. The maximum Gasteiger partial charge on any atom is 0.251 e. The maximum absolute atomic E-state index is 12.4. The Morgan fingerprint density at radius 2 is 1.81 bits per heavy atom. The number of benzene rings is 2. The van der Waals surface area contributed by atoms with Gasteiger partial charge in [0.2, 0.25) is 0 Å². The topological polar surface area (TPSA) is 29.1 Å². The highest BCUT2D eigenvalue weighted by atomic mass is 79.9. The zero-order valence-electron chi connectivity index (χ0n) is 11.9. The van der Waals surface area contributed by atoms with Crippen molar-refractivity contribution in [2.75, 3.05) is 0 Å². The van der Waals surface area contributed by atoms with E-state index in [0.717, 1.165) is 10.0 Å². The van der Waals surface area contributed by atoms with Gasteiger partial charge in [-0.25, -0.2) is 0 Å². The monoisotopic (exact) mass is 365 g/mol. The lowest BCUT2D eigenvalue weighted by molar-refractivity contribution is 0.0925. The molecule has 1 amide bonds. The van der Waals surface area contributed by atoms with E-state index in [2.05, 4.69) is 35.1 Å². The molecule has 1 atom stereocenters. The van der Waals surface area contributed by atoms with Gasteiger partial charge in [0, 0.05) is 10.0 Å². The van der Waals surface area contributed by atoms with Crippen LogP contribution in [0.1, 0.15) is 35.8 Å². The van der Waals surface area contributed by atoms with Crippen LogP contribution in [0.2, 0.25) is 5.02 Å². The van der Waals surface area contributed by atoms with Crippen molar-refractivity contribution in [2.24, 2.45) is 5.92 Å². The predicted molar refractivity (Wildman–Crippen MR) is 90.6 cm³/mol. The summed E-state index contributed by atoms with van der Waals surface area (Å²) < 4.78 is 0.720. The van der Waals surface area contributed by atoms with Crippen molar-refractivity contribution in [3.05, 3.63) is 69.2 Å². The Balaban J connectivity index is 2.21. The molecule has 0 heterocycles.